The molecule has 0 amide bonds. The lowest BCUT2D eigenvalue weighted by Gasteiger charge is -2.32. The highest BCUT2D eigenvalue weighted by Gasteiger charge is 2.38. The monoisotopic (exact) mass is 296 g/mol. The van der Waals surface area contributed by atoms with Crippen LogP contribution in [0.4, 0.5) is 0 Å². The van der Waals surface area contributed by atoms with E-state index in [2.05, 4.69) is 10.1 Å². The van der Waals surface area contributed by atoms with Gasteiger partial charge in [-0.05, 0) is 20.8 Å². The highest BCUT2D eigenvalue weighted by Crippen LogP contribution is 2.26. The summed E-state index contributed by atoms with van der Waals surface area (Å²) in [7, 11) is 0. The third kappa shape index (κ3) is 2.35. The second-order valence-electron chi connectivity index (χ2n) is 4.88. The predicted molar refractivity (Wildman–Crippen MR) is 68.4 cm³/mol. The van der Waals surface area contributed by atoms with Crippen molar-refractivity contribution in [3.05, 3.63) is 22.6 Å². The Morgan fingerprint density at radius 1 is 1.62 bits per heavy atom. The zero-order valence-corrected chi connectivity index (χ0v) is 11.9. The summed E-state index contributed by atoms with van der Waals surface area (Å²) in [5.74, 6) is -0.838. The Bertz CT molecular complexity index is 677. The van der Waals surface area contributed by atoms with Gasteiger partial charge in [-0.2, -0.15) is 4.73 Å². The Labute approximate surface area is 119 Å². The molecule has 9 heteroatoms. The second-order valence-corrected chi connectivity index (χ2v) is 4.88. The number of rotatable bonds is 2. The lowest BCUT2D eigenvalue weighted by Crippen LogP contribution is -2.45. The number of fused-ring (bicyclic) bond motifs is 1. The topological polar surface area (TPSA) is 130 Å². The molecule has 0 spiro atoms. The van der Waals surface area contributed by atoms with Crippen LogP contribution in [0.5, 0.6) is 0 Å². The number of carbonyl (C=O) groups excluding carboxylic acids is 1. The Hall–Kier alpha value is -2.42. The molecule has 0 unspecified atom stereocenters. The van der Waals surface area contributed by atoms with Crippen molar-refractivity contribution in [3.8, 4) is 0 Å². The summed E-state index contributed by atoms with van der Waals surface area (Å²) >= 11 is 0. The van der Waals surface area contributed by atoms with E-state index in [-0.39, 0.29) is 36.0 Å². The normalized spacial score (nSPS) is 18.3. The Kier molecular flexibility index (Phi) is 3.69. The average molecular weight is 296 g/mol. The molecule has 114 valence electrons. The zero-order chi connectivity index (χ0) is 15.8. The molecule has 0 aromatic carbocycles. The minimum Gasteiger partial charge on any atom is -0.461 e. The van der Waals surface area contributed by atoms with Crippen LogP contribution in [0.1, 0.15) is 42.6 Å². The fourth-order valence-corrected chi connectivity index (χ4v) is 2.00. The van der Waals surface area contributed by atoms with E-state index in [0.29, 0.717) is 4.73 Å². The van der Waals surface area contributed by atoms with Crippen LogP contribution in [0, 0.1) is 5.41 Å². The average Bonchev–Trinajstić information content (AvgIpc) is 2.42. The first-order chi connectivity index (χ1) is 9.83. The van der Waals surface area contributed by atoms with Gasteiger partial charge in [-0.1, -0.05) is 5.16 Å². The van der Waals surface area contributed by atoms with E-state index in [0.717, 1.165) is 0 Å². The molecule has 0 bridgehead atoms. The van der Waals surface area contributed by atoms with Crippen LogP contribution in [0.25, 0.3) is 0 Å². The molecular formula is C12H16N4O5. The Morgan fingerprint density at radius 2 is 2.29 bits per heavy atom. The molecule has 2 heterocycles. The van der Waals surface area contributed by atoms with Crippen molar-refractivity contribution >= 4 is 11.7 Å². The summed E-state index contributed by atoms with van der Waals surface area (Å²) in [6, 6.07) is 0. The van der Waals surface area contributed by atoms with Crippen molar-refractivity contribution in [1.82, 2.24) is 9.71 Å². The van der Waals surface area contributed by atoms with E-state index < -0.39 is 17.1 Å². The third-order valence-electron chi connectivity index (χ3n) is 3.12. The molecule has 0 radical (unpaired) electrons. The van der Waals surface area contributed by atoms with Crippen molar-refractivity contribution in [3.63, 3.8) is 0 Å². The molecular weight excluding hydrogens is 280 g/mol. The summed E-state index contributed by atoms with van der Waals surface area (Å²) in [6.07, 6.45) is 0. The minimum atomic E-state index is -0.947. The van der Waals surface area contributed by atoms with E-state index in [9.17, 15) is 15.2 Å². The molecule has 1 aromatic heterocycles. The molecule has 1 aliphatic rings. The first kappa shape index (κ1) is 15.0. The largest absolute Gasteiger partial charge is 0.461 e. The maximum absolute atomic E-state index is 11.8. The van der Waals surface area contributed by atoms with Crippen LogP contribution in [-0.4, -0.2) is 44.0 Å². The van der Waals surface area contributed by atoms with E-state index >= 15 is 0 Å². The fourth-order valence-electron chi connectivity index (χ4n) is 2.00. The smallest absolute Gasteiger partial charge is 0.360 e. The SMILES string of the molecule is CCOC(=O)c1nc2c(n(O)c1=N)COC(C)(C)/C2=N/O. The van der Waals surface area contributed by atoms with E-state index in [4.69, 9.17) is 14.9 Å². The number of nitrogens with one attached hydrogen (secondary N) is 1. The molecule has 1 aromatic rings. The van der Waals surface area contributed by atoms with Gasteiger partial charge in [0.25, 0.3) is 0 Å². The van der Waals surface area contributed by atoms with Crippen LogP contribution in [-0.2, 0) is 16.1 Å². The number of nitrogens with zero attached hydrogens (tertiary/aromatic N) is 3. The number of ether oxygens (including phenoxy) is 2. The third-order valence-corrected chi connectivity index (χ3v) is 3.12. The molecule has 3 N–H and O–H groups in total. The zero-order valence-electron chi connectivity index (χ0n) is 11.9. The molecule has 2 rings (SSSR count). The highest BCUT2D eigenvalue weighted by atomic mass is 16.5. The van der Waals surface area contributed by atoms with Crippen molar-refractivity contribution in [2.75, 3.05) is 6.61 Å². The number of esters is 1. The van der Waals surface area contributed by atoms with Crippen LogP contribution >= 0.6 is 0 Å². The molecule has 0 saturated heterocycles. The summed E-state index contributed by atoms with van der Waals surface area (Å²) in [5, 5.41) is 30.1. The maximum Gasteiger partial charge on any atom is 0.360 e. The van der Waals surface area contributed by atoms with E-state index in [1.165, 1.54) is 0 Å². The van der Waals surface area contributed by atoms with Gasteiger partial charge >= 0.3 is 5.97 Å². The van der Waals surface area contributed by atoms with Crippen molar-refractivity contribution in [2.24, 2.45) is 5.16 Å². The molecule has 21 heavy (non-hydrogen) atoms. The standard InChI is InChI=1S/C12H16N4O5/c1-4-20-11(17)8-10(13)16(19)6-5-21-12(2,3)9(15-18)7(6)14-8/h13,18-19H,4-5H2,1-3H3/b13-10?,15-9+. The van der Waals surface area contributed by atoms with Gasteiger partial charge in [0.05, 0.1) is 13.2 Å². The minimum absolute atomic E-state index is 0.0418. The van der Waals surface area contributed by atoms with Crippen LogP contribution in [0.15, 0.2) is 5.16 Å². The van der Waals surface area contributed by atoms with E-state index in [1.54, 1.807) is 20.8 Å². The maximum atomic E-state index is 11.8. The van der Waals surface area contributed by atoms with Gasteiger partial charge in [0, 0.05) is 0 Å². The van der Waals surface area contributed by atoms with Crippen LogP contribution in [0.3, 0.4) is 0 Å². The predicted octanol–water partition coefficient (Wildman–Crippen LogP) is 0.264. The Morgan fingerprint density at radius 3 is 2.86 bits per heavy atom. The van der Waals surface area contributed by atoms with Gasteiger partial charge in [-0.3, -0.25) is 5.41 Å². The van der Waals surface area contributed by atoms with Crippen molar-refractivity contribution < 1.29 is 24.7 Å². The number of carbonyl (C=O) groups is 1. The molecule has 0 fully saturated rings. The number of hydrogen-bond donors (Lipinski definition) is 3. The van der Waals surface area contributed by atoms with Gasteiger partial charge in [0.1, 0.15) is 22.7 Å². The van der Waals surface area contributed by atoms with Gasteiger partial charge in [0.15, 0.2) is 11.2 Å². The van der Waals surface area contributed by atoms with Crippen molar-refractivity contribution in [2.45, 2.75) is 33.0 Å². The molecule has 1 aliphatic heterocycles. The first-order valence-corrected chi connectivity index (χ1v) is 6.27. The van der Waals surface area contributed by atoms with Gasteiger partial charge in [-0.15, -0.1) is 0 Å². The molecule has 0 saturated carbocycles. The van der Waals surface area contributed by atoms with Crippen LogP contribution in [0.2, 0.25) is 0 Å². The number of aromatic nitrogens is 2. The first-order valence-electron chi connectivity index (χ1n) is 6.27. The van der Waals surface area contributed by atoms with Gasteiger partial charge in [0.2, 0.25) is 0 Å². The van der Waals surface area contributed by atoms with Gasteiger partial charge < -0.3 is 19.9 Å². The quantitative estimate of drug-likeness (QED) is 0.311. The summed E-state index contributed by atoms with van der Waals surface area (Å²) in [4.78, 5) is 15.8. The second kappa shape index (κ2) is 5.17. The number of oxime groups is 1. The number of hydrogen-bond acceptors (Lipinski definition) is 8. The summed E-state index contributed by atoms with van der Waals surface area (Å²) < 4.78 is 10.7. The van der Waals surface area contributed by atoms with E-state index in [1.807, 2.05) is 0 Å². The van der Waals surface area contributed by atoms with Crippen LogP contribution < -0.4 is 5.49 Å². The van der Waals surface area contributed by atoms with Gasteiger partial charge in [-0.25, -0.2) is 9.78 Å². The lowest BCUT2D eigenvalue weighted by molar-refractivity contribution is -0.00144. The fraction of sp³-hybridized carbons (Fsp3) is 0.500. The summed E-state index contributed by atoms with van der Waals surface area (Å²) in [6.45, 7) is 5.00. The Balaban J connectivity index is 2.69. The summed E-state index contributed by atoms with van der Waals surface area (Å²) in [5.41, 5.74) is -1.56. The molecule has 0 aliphatic carbocycles. The lowest BCUT2D eigenvalue weighted by atomic mass is 9.95. The highest BCUT2D eigenvalue weighted by molar-refractivity contribution is 6.06. The van der Waals surface area contributed by atoms with Crippen molar-refractivity contribution in [1.29, 1.82) is 5.41 Å². The molecule has 0 atom stereocenters. The molecule has 9 nitrogen and oxygen atoms in total.